The lowest BCUT2D eigenvalue weighted by molar-refractivity contribution is -0.138. The van der Waals surface area contributed by atoms with Crippen LogP contribution in [-0.4, -0.2) is 44.1 Å². The molecule has 0 aromatic carbocycles. The standard InChI is InChI=1S/C17H23N5O2S/c1-3-4-14(20-16(23)12(2)22-11-18-10-19-22)17(24)21-7-5-15-13(9-21)6-8-25-15/h6,8,10-12,14H,3-5,7,9H2,1-2H3,(H,20,23)/t12-,14-/m0/s1. The van der Waals surface area contributed by atoms with E-state index in [-0.39, 0.29) is 11.8 Å². The summed E-state index contributed by atoms with van der Waals surface area (Å²) in [6, 6.07) is 1.09. The highest BCUT2D eigenvalue weighted by Gasteiger charge is 2.29. The molecule has 0 radical (unpaired) electrons. The Hall–Kier alpha value is -2.22. The number of hydrogen-bond donors (Lipinski definition) is 1. The number of thiophene rings is 1. The zero-order valence-electron chi connectivity index (χ0n) is 14.5. The lowest BCUT2D eigenvalue weighted by Gasteiger charge is -2.31. The lowest BCUT2D eigenvalue weighted by Crippen LogP contribution is -2.50. The van der Waals surface area contributed by atoms with E-state index >= 15 is 0 Å². The van der Waals surface area contributed by atoms with Crippen LogP contribution < -0.4 is 5.32 Å². The molecule has 1 aliphatic rings. The van der Waals surface area contributed by atoms with Crippen molar-refractivity contribution in [1.82, 2.24) is 25.0 Å². The fourth-order valence-electron chi connectivity index (χ4n) is 3.03. The van der Waals surface area contributed by atoms with Crippen LogP contribution in [0.25, 0.3) is 0 Å². The minimum atomic E-state index is -0.500. The Morgan fingerprint density at radius 2 is 2.28 bits per heavy atom. The number of rotatable bonds is 6. The summed E-state index contributed by atoms with van der Waals surface area (Å²) in [4.78, 5) is 32.5. The normalized spacial score (nSPS) is 16.2. The maximum atomic E-state index is 12.9. The average Bonchev–Trinajstić information content (AvgIpc) is 3.30. The molecule has 8 heteroatoms. The molecule has 2 aromatic heterocycles. The molecule has 3 rings (SSSR count). The number of amides is 2. The highest BCUT2D eigenvalue weighted by molar-refractivity contribution is 7.10. The van der Waals surface area contributed by atoms with Gasteiger partial charge in [-0.1, -0.05) is 13.3 Å². The van der Waals surface area contributed by atoms with E-state index in [0.717, 1.165) is 12.8 Å². The van der Waals surface area contributed by atoms with Crippen LogP contribution in [-0.2, 0) is 22.6 Å². The Morgan fingerprint density at radius 3 is 3.00 bits per heavy atom. The summed E-state index contributed by atoms with van der Waals surface area (Å²) < 4.78 is 1.49. The molecule has 2 aromatic rings. The minimum Gasteiger partial charge on any atom is -0.342 e. The molecule has 0 unspecified atom stereocenters. The van der Waals surface area contributed by atoms with Gasteiger partial charge in [0.05, 0.1) is 0 Å². The van der Waals surface area contributed by atoms with Crippen molar-refractivity contribution in [3.8, 4) is 0 Å². The van der Waals surface area contributed by atoms with Gasteiger partial charge in [-0.2, -0.15) is 5.10 Å². The van der Waals surface area contributed by atoms with Crippen molar-refractivity contribution in [2.45, 2.75) is 51.7 Å². The van der Waals surface area contributed by atoms with Gasteiger partial charge in [0.1, 0.15) is 24.7 Å². The molecule has 7 nitrogen and oxygen atoms in total. The molecule has 25 heavy (non-hydrogen) atoms. The van der Waals surface area contributed by atoms with Gasteiger partial charge in [0.2, 0.25) is 11.8 Å². The maximum absolute atomic E-state index is 12.9. The van der Waals surface area contributed by atoms with Crippen LogP contribution in [0.3, 0.4) is 0 Å². The van der Waals surface area contributed by atoms with Crippen molar-refractivity contribution in [2.24, 2.45) is 0 Å². The monoisotopic (exact) mass is 361 g/mol. The van der Waals surface area contributed by atoms with Crippen molar-refractivity contribution >= 4 is 23.2 Å². The van der Waals surface area contributed by atoms with Gasteiger partial charge < -0.3 is 10.2 Å². The number of carbonyl (C=O) groups is 2. The number of nitrogens with zero attached hydrogens (tertiary/aromatic N) is 4. The van der Waals surface area contributed by atoms with Gasteiger partial charge in [-0.25, -0.2) is 9.67 Å². The fraction of sp³-hybridized carbons (Fsp3) is 0.529. The van der Waals surface area contributed by atoms with Crippen LogP contribution in [0.4, 0.5) is 0 Å². The van der Waals surface area contributed by atoms with E-state index in [1.165, 1.54) is 27.8 Å². The summed E-state index contributed by atoms with van der Waals surface area (Å²) in [5, 5.41) is 8.97. The summed E-state index contributed by atoms with van der Waals surface area (Å²) >= 11 is 1.75. The van der Waals surface area contributed by atoms with E-state index in [1.807, 2.05) is 11.8 Å². The molecule has 0 saturated carbocycles. The van der Waals surface area contributed by atoms with Crippen molar-refractivity contribution in [2.75, 3.05) is 6.54 Å². The first kappa shape index (κ1) is 17.6. The molecule has 0 aliphatic carbocycles. The molecule has 134 valence electrons. The number of nitrogens with one attached hydrogen (secondary N) is 1. The van der Waals surface area contributed by atoms with Crippen LogP contribution in [0, 0.1) is 0 Å². The van der Waals surface area contributed by atoms with Crippen LogP contribution in [0.1, 0.15) is 43.2 Å². The second-order valence-electron chi connectivity index (χ2n) is 6.28. The summed E-state index contributed by atoms with van der Waals surface area (Å²) in [5.41, 5.74) is 1.22. The van der Waals surface area contributed by atoms with Gasteiger partial charge in [0, 0.05) is 18.0 Å². The first-order valence-electron chi connectivity index (χ1n) is 8.58. The Morgan fingerprint density at radius 1 is 1.44 bits per heavy atom. The van der Waals surface area contributed by atoms with Crippen molar-refractivity contribution in [3.05, 3.63) is 34.5 Å². The zero-order valence-corrected chi connectivity index (χ0v) is 15.3. The predicted octanol–water partition coefficient (Wildman–Crippen LogP) is 1.77. The Labute approximate surface area is 151 Å². The molecular weight excluding hydrogens is 338 g/mol. The quantitative estimate of drug-likeness (QED) is 0.850. The highest BCUT2D eigenvalue weighted by atomic mass is 32.1. The zero-order chi connectivity index (χ0) is 17.8. The Kier molecular flexibility index (Phi) is 5.47. The molecule has 2 amide bonds. The van der Waals surface area contributed by atoms with Gasteiger partial charge in [0.15, 0.2) is 0 Å². The molecule has 0 fully saturated rings. The van der Waals surface area contributed by atoms with E-state index in [4.69, 9.17) is 0 Å². The van der Waals surface area contributed by atoms with Crippen molar-refractivity contribution < 1.29 is 9.59 Å². The SMILES string of the molecule is CCC[C@H](NC(=O)[C@H](C)n1cncn1)C(=O)N1CCc2sccc2C1. The van der Waals surface area contributed by atoms with Gasteiger partial charge in [-0.15, -0.1) is 11.3 Å². The van der Waals surface area contributed by atoms with E-state index in [2.05, 4.69) is 26.8 Å². The lowest BCUT2D eigenvalue weighted by atomic mass is 10.1. The summed E-state index contributed by atoms with van der Waals surface area (Å²) in [6.07, 6.45) is 5.24. The topological polar surface area (TPSA) is 80.1 Å². The summed E-state index contributed by atoms with van der Waals surface area (Å²) in [6.45, 7) is 5.10. The third kappa shape index (κ3) is 3.89. The highest BCUT2D eigenvalue weighted by Crippen LogP contribution is 2.24. The number of carbonyl (C=O) groups excluding carboxylic acids is 2. The van der Waals surface area contributed by atoms with E-state index in [1.54, 1.807) is 18.3 Å². The molecule has 1 aliphatic heterocycles. The van der Waals surface area contributed by atoms with Gasteiger partial charge >= 0.3 is 0 Å². The molecule has 2 atom stereocenters. The van der Waals surface area contributed by atoms with E-state index < -0.39 is 12.1 Å². The Balaban J connectivity index is 1.66. The average molecular weight is 361 g/mol. The van der Waals surface area contributed by atoms with Gasteiger partial charge in [-0.3, -0.25) is 9.59 Å². The molecule has 0 bridgehead atoms. The Bertz CT molecular complexity index is 727. The van der Waals surface area contributed by atoms with E-state index in [9.17, 15) is 9.59 Å². The fourth-order valence-corrected chi connectivity index (χ4v) is 3.92. The first-order valence-corrected chi connectivity index (χ1v) is 9.46. The molecule has 0 spiro atoms. The smallest absolute Gasteiger partial charge is 0.245 e. The largest absolute Gasteiger partial charge is 0.342 e. The van der Waals surface area contributed by atoms with Gasteiger partial charge in [-0.05, 0) is 36.8 Å². The molecule has 3 heterocycles. The van der Waals surface area contributed by atoms with Crippen molar-refractivity contribution in [3.63, 3.8) is 0 Å². The predicted molar refractivity (Wildman–Crippen MR) is 95.0 cm³/mol. The second kappa shape index (κ2) is 7.77. The van der Waals surface area contributed by atoms with E-state index in [0.29, 0.717) is 19.5 Å². The van der Waals surface area contributed by atoms with Crippen LogP contribution in [0.5, 0.6) is 0 Å². The number of aromatic nitrogens is 3. The maximum Gasteiger partial charge on any atom is 0.245 e. The minimum absolute atomic E-state index is 0.00200. The van der Waals surface area contributed by atoms with Crippen LogP contribution >= 0.6 is 11.3 Å². The number of hydrogen-bond acceptors (Lipinski definition) is 5. The molecule has 1 N–H and O–H groups in total. The molecule has 0 saturated heterocycles. The summed E-state index contributed by atoms with van der Waals surface area (Å²) in [7, 11) is 0. The third-order valence-electron chi connectivity index (χ3n) is 4.52. The third-order valence-corrected chi connectivity index (χ3v) is 5.55. The molecular formula is C17H23N5O2S. The van der Waals surface area contributed by atoms with Gasteiger partial charge in [0.25, 0.3) is 0 Å². The van der Waals surface area contributed by atoms with Crippen LogP contribution in [0.15, 0.2) is 24.1 Å². The first-order chi connectivity index (χ1) is 12.1. The number of fused-ring (bicyclic) bond motifs is 1. The van der Waals surface area contributed by atoms with Crippen LogP contribution in [0.2, 0.25) is 0 Å². The second-order valence-corrected chi connectivity index (χ2v) is 7.28. The van der Waals surface area contributed by atoms with Crippen molar-refractivity contribution in [1.29, 1.82) is 0 Å². The summed E-state index contributed by atoms with van der Waals surface area (Å²) in [5.74, 6) is -0.219.